The van der Waals surface area contributed by atoms with Gasteiger partial charge in [-0.25, -0.2) is 0 Å². The standard InChI is InChI=1S/C6H14N2.Pt/c7-5-3-1-2-4-6(5)8;/h5-6H,1-4,7-8H2;/q;+4/t5-,6+;. The van der Waals surface area contributed by atoms with Crippen molar-refractivity contribution < 1.29 is 21.1 Å². The molecule has 0 unspecified atom stereocenters. The maximum Gasteiger partial charge on any atom is 4.00 e. The zero-order valence-corrected chi connectivity index (χ0v) is 7.73. The Balaban J connectivity index is 0.000000640. The zero-order valence-electron chi connectivity index (χ0n) is 5.45. The van der Waals surface area contributed by atoms with Crippen LogP contribution in [0.5, 0.6) is 0 Å². The molecule has 0 radical (unpaired) electrons. The molecule has 0 aliphatic heterocycles. The van der Waals surface area contributed by atoms with Gasteiger partial charge in [-0.05, 0) is 12.8 Å². The summed E-state index contributed by atoms with van der Waals surface area (Å²) in [7, 11) is 0. The molecule has 2 nitrogen and oxygen atoms in total. The summed E-state index contributed by atoms with van der Waals surface area (Å²) in [6, 6.07) is 0.562. The third-order valence-corrected chi connectivity index (χ3v) is 1.87. The molecule has 0 aromatic heterocycles. The Bertz CT molecular complexity index is 67.5. The van der Waals surface area contributed by atoms with Crippen LogP contribution in [-0.4, -0.2) is 12.1 Å². The van der Waals surface area contributed by atoms with Crippen LogP contribution in [-0.2, 0) is 21.1 Å². The van der Waals surface area contributed by atoms with Crippen molar-refractivity contribution in [1.82, 2.24) is 0 Å². The van der Waals surface area contributed by atoms with Gasteiger partial charge in [0.2, 0.25) is 0 Å². The van der Waals surface area contributed by atoms with Gasteiger partial charge >= 0.3 is 21.1 Å². The van der Waals surface area contributed by atoms with Gasteiger partial charge in [-0.3, -0.25) is 0 Å². The van der Waals surface area contributed by atoms with E-state index in [4.69, 9.17) is 11.5 Å². The predicted octanol–water partition coefficient (Wildman–Crippen LogP) is 0.213. The van der Waals surface area contributed by atoms with Crippen LogP contribution in [0.25, 0.3) is 0 Å². The SMILES string of the molecule is N[C@@H]1CCCC[C@@H]1N.[Pt+4]. The maximum atomic E-state index is 5.65. The maximum absolute atomic E-state index is 5.65. The molecule has 1 aliphatic rings. The van der Waals surface area contributed by atoms with Gasteiger partial charge in [0.1, 0.15) is 0 Å². The molecule has 1 saturated carbocycles. The first kappa shape index (κ1) is 9.61. The minimum absolute atomic E-state index is 0. The normalized spacial score (nSPS) is 35.3. The molecule has 0 amide bonds. The van der Waals surface area contributed by atoms with Crippen LogP contribution in [0.2, 0.25) is 0 Å². The summed E-state index contributed by atoms with van der Waals surface area (Å²) >= 11 is 0. The fourth-order valence-corrected chi connectivity index (χ4v) is 1.19. The summed E-state index contributed by atoms with van der Waals surface area (Å²) in [5.74, 6) is 0. The average molecular weight is 309 g/mol. The fraction of sp³-hybridized carbons (Fsp3) is 1.00. The Morgan fingerprint density at radius 3 is 1.44 bits per heavy atom. The van der Waals surface area contributed by atoms with Crippen molar-refractivity contribution in [3.05, 3.63) is 0 Å². The molecular formula is C6H14N2Pt+4. The van der Waals surface area contributed by atoms with E-state index in [0.717, 1.165) is 12.8 Å². The van der Waals surface area contributed by atoms with Crippen LogP contribution in [0.4, 0.5) is 0 Å². The van der Waals surface area contributed by atoms with E-state index in [1.807, 2.05) is 0 Å². The second kappa shape index (κ2) is 4.43. The summed E-state index contributed by atoms with van der Waals surface area (Å²) in [4.78, 5) is 0. The largest absolute Gasteiger partial charge is 4.00 e. The van der Waals surface area contributed by atoms with Gasteiger partial charge in [-0.15, -0.1) is 0 Å². The first-order valence-electron chi connectivity index (χ1n) is 3.32. The summed E-state index contributed by atoms with van der Waals surface area (Å²) in [5, 5.41) is 0. The van der Waals surface area contributed by atoms with Gasteiger partial charge in [0.25, 0.3) is 0 Å². The first-order chi connectivity index (χ1) is 3.80. The number of hydrogen-bond donors (Lipinski definition) is 2. The predicted molar refractivity (Wildman–Crippen MR) is 34.4 cm³/mol. The molecule has 3 heteroatoms. The van der Waals surface area contributed by atoms with Crippen LogP contribution in [0.3, 0.4) is 0 Å². The van der Waals surface area contributed by atoms with Crippen LogP contribution < -0.4 is 11.5 Å². The average Bonchev–Trinajstić information content (AvgIpc) is 1.77. The van der Waals surface area contributed by atoms with E-state index in [9.17, 15) is 0 Å². The molecular weight excluding hydrogens is 295 g/mol. The molecule has 1 aliphatic carbocycles. The second-order valence-corrected chi connectivity index (χ2v) is 2.61. The van der Waals surface area contributed by atoms with E-state index < -0.39 is 0 Å². The smallest absolute Gasteiger partial charge is 0.326 e. The number of nitrogens with two attached hydrogens (primary N) is 2. The number of rotatable bonds is 0. The van der Waals surface area contributed by atoms with Crippen molar-refractivity contribution >= 4 is 0 Å². The third kappa shape index (κ3) is 2.79. The fourth-order valence-electron chi connectivity index (χ4n) is 1.19. The monoisotopic (exact) mass is 309 g/mol. The van der Waals surface area contributed by atoms with Crippen molar-refractivity contribution in [3.8, 4) is 0 Å². The summed E-state index contributed by atoms with van der Waals surface area (Å²) in [5.41, 5.74) is 11.3. The molecule has 54 valence electrons. The van der Waals surface area contributed by atoms with E-state index >= 15 is 0 Å². The Morgan fingerprint density at radius 1 is 0.889 bits per heavy atom. The van der Waals surface area contributed by atoms with Crippen molar-refractivity contribution in [3.63, 3.8) is 0 Å². The van der Waals surface area contributed by atoms with E-state index in [0.29, 0.717) is 0 Å². The summed E-state index contributed by atoms with van der Waals surface area (Å²) in [6.45, 7) is 0. The molecule has 1 rings (SSSR count). The Kier molecular flexibility index (Phi) is 4.73. The third-order valence-electron chi connectivity index (χ3n) is 1.87. The Labute approximate surface area is 70.6 Å². The molecule has 0 aromatic carbocycles. The second-order valence-electron chi connectivity index (χ2n) is 2.61. The van der Waals surface area contributed by atoms with Gasteiger partial charge < -0.3 is 11.5 Å². The van der Waals surface area contributed by atoms with E-state index in [1.54, 1.807) is 0 Å². The van der Waals surface area contributed by atoms with Gasteiger partial charge in [-0.2, -0.15) is 0 Å². The topological polar surface area (TPSA) is 52.0 Å². The molecule has 2 atom stereocenters. The number of hydrogen-bond acceptors (Lipinski definition) is 2. The molecule has 0 heterocycles. The molecule has 0 bridgehead atoms. The quantitative estimate of drug-likeness (QED) is 0.672. The van der Waals surface area contributed by atoms with E-state index in [-0.39, 0.29) is 33.1 Å². The van der Waals surface area contributed by atoms with Crippen molar-refractivity contribution in [2.24, 2.45) is 11.5 Å². The molecule has 9 heavy (non-hydrogen) atoms. The van der Waals surface area contributed by atoms with E-state index in [2.05, 4.69) is 0 Å². The van der Waals surface area contributed by atoms with Crippen LogP contribution >= 0.6 is 0 Å². The molecule has 0 saturated heterocycles. The Hall–Kier alpha value is 0.608. The summed E-state index contributed by atoms with van der Waals surface area (Å²) in [6.07, 6.45) is 4.80. The summed E-state index contributed by atoms with van der Waals surface area (Å²) < 4.78 is 0. The molecule has 4 N–H and O–H groups in total. The zero-order chi connectivity index (χ0) is 5.98. The van der Waals surface area contributed by atoms with Crippen LogP contribution in [0.15, 0.2) is 0 Å². The molecule has 0 aromatic rings. The van der Waals surface area contributed by atoms with Gasteiger partial charge in [-0.1, -0.05) is 12.8 Å². The van der Waals surface area contributed by atoms with Gasteiger partial charge in [0.05, 0.1) is 0 Å². The molecule has 1 fully saturated rings. The minimum atomic E-state index is 0. The Morgan fingerprint density at radius 2 is 1.22 bits per heavy atom. The van der Waals surface area contributed by atoms with Crippen LogP contribution in [0.1, 0.15) is 25.7 Å². The van der Waals surface area contributed by atoms with Crippen molar-refractivity contribution in [2.45, 2.75) is 37.8 Å². The van der Waals surface area contributed by atoms with Crippen molar-refractivity contribution in [1.29, 1.82) is 0 Å². The molecule has 0 spiro atoms. The van der Waals surface area contributed by atoms with Gasteiger partial charge in [0.15, 0.2) is 0 Å². The van der Waals surface area contributed by atoms with E-state index in [1.165, 1.54) is 12.8 Å². The first-order valence-corrected chi connectivity index (χ1v) is 3.32. The van der Waals surface area contributed by atoms with Crippen molar-refractivity contribution in [2.75, 3.05) is 0 Å². The minimum Gasteiger partial charge on any atom is -0.326 e. The van der Waals surface area contributed by atoms with Gasteiger partial charge in [0, 0.05) is 12.1 Å². The van der Waals surface area contributed by atoms with Crippen LogP contribution in [0, 0.1) is 0 Å².